The minimum Gasteiger partial charge on any atom is -0.377 e. The van der Waals surface area contributed by atoms with Crippen molar-refractivity contribution in [2.24, 2.45) is 23.0 Å². The lowest BCUT2D eigenvalue weighted by Crippen LogP contribution is -2.82. The van der Waals surface area contributed by atoms with Gasteiger partial charge in [-0.1, -0.05) is 33.6 Å². The van der Waals surface area contributed by atoms with Crippen LogP contribution < -0.4 is 11.1 Å². The number of rotatable bonds is 2. The maximum absolute atomic E-state index is 12.9. The van der Waals surface area contributed by atoms with E-state index >= 15 is 0 Å². The molecule has 0 aromatic carbocycles. The normalized spacial score (nSPS) is 43.3. The van der Waals surface area contributed by atoms with Gasteiger partial charge in [0.05, 0.1) is 6.10 Å². The summed E-state index contributed by atoms with van der Waals surface area (Å²) < 4.78 is 5.89. The highest BCUT2D eigenvalue weighted by Gasteiger charge is 2.70. The van der Waals surface area contributed by atoms with E-state index < -0.39 is 5.54 Å². The number of nitrogens with two attached hydrogens (primary N) is 1. The van der Waals surface area contributed by atoms with Gasteiger partial charge >= 0.3 is 0 Å². The van der Waals surface area contributed by atoms with E-state index in [0.29, 0.717) is 12.0 Å². The third kappa shape index (κ3) is 2.47. The van der Waals surface area contributed by atoms with Crippen molar-refractivity contribution >= 4 is 18.3 Å². The summed E-state index contributed by atoms with van der Waals surface area (Å²) in [5, 5.41) is 3.28. The van der Waals surface area contributed by atoms with Crippen molar-refractivity contribution in [2.45, 2.75) is 77.0 Å². The van der Waals surface area contributed by atoms with E-state index in [0.717, 1.165) is 25.9 Å². The minimum atomic E-state index is -0.769. The van der Waals surface area contributed by atoms with E-state index in [-0.39, 0.29) is 35.8 Å². The second-order valence-corrected chi connectivity index (χ2v) is 7.97. The maximum Gasteiger partial charge on any atom is 0.241 e. The fourth-order valence-electron chi connectivity index (χ4n) is 4.86. The molecule has 1 heterocycles. The van der Waals surface area contributed by atoms with Gasteiger partial charge in [-0.15, -0.1) is 12.4 Å². The Labute approximate surface area is 140 Å². The summed E-state index contributed by atoms with van der Waals surface area (Å²) in [7, 11) is 0. The van der Waals surface area contributed by atoms with E-state index in [1.165, 1.54) is 19.3 Å². The van der Waals surface area contributed by atoms with Crippen LogP contribution in [0.5, 0.6) is 0 Å². The molecule has 5 atom stereocenters. The molecule has 5 heteroatoms. The Morgan fingerprint density at radius 2 is 1.86 bits per heavy atom. The van der Waals surface area contributed by atoms with Gasteiger partial charge in [0.25, 0.3) is 0 Å². The van der Waals surface area contributed by atoms with Crippen LogP contribution in [-0.2, 0) is 9.53 Å². The highest BCUT2D eigenvalue weighted by atomic mass is 35.5. The van der Waals surface area contributed by atoms with Crippen molar-refractivity contribution in [3.63, 3.8) is 0 Å². The lowest BCUT2D eigenvalue weighted by atomic mass is 9.46. The number of halogens is 1. The van der Waals surface area contributed by atoms with Gasteiger partial charge < -0.3 is 15.8 Å². The molecule has 1 aliphatic heterocycles. The van der Waals surface area contributed by atoms with Crippen LogP contribution in [-0.4, -0.2) is 30.2 Å². The Hall–Kier alpha value is -0.320. The van der Waals surface area contributed by atoms with Crippen molar-refractivity contribution in [3.8, 4) is 0 Å². The molecule has 0 spiro atoms. The molecule has 3 aliphatic rings. The molecule has 128 valence electrons. The molecule has 5 unspecified atom stereocenters. The monoisotopic (exact) mass is 330 g/mol. The van der Waals surface area contributed by atoms with Crippen molar-refractivity contribution in [2.75, 3.05) is 6.61 Å². The van der Waals surface area contributed by atoms with Gasteiger partial charge in [-0.2, -0.15) is 0 Å². The number of carbonyl (C=O) groups excluding carboxylic acids is 1. The van der Waals surface area contributed by atoms with Gasteiger partial charge in [-0.05, 0) is 31.6 Å². The standard InChI is InChI=1S/C17H30N2O2.ClH/c1-11-7-4-5-9-13(11)19-15(20)17(18)12-8-6-10-21-14(12)16(17,2)3;/h11-14H,4-10,18H2,1-3H3,(H,19,20);1H. The highest BCUT2D eigenvalue weighted by molar-refractivity contribution is 5.89. The average Bonchev–Trinajstić information content (AvgIpc) is 2.48. The predicted molar refractivity (Wildman–Crippen MR) is 90.0 cm³/mol. The van der Waals surface area contributed by atoms with Gasteiger partial charge in [0.15, 0.2) is 0 Å². The van der Waals surface area contributed by atoms with Crippen molar-refractivity contribution < 1.29 is 9.53 Å². The van der Waals surface area contributed by atoms with Crippen LogP contribution >= 0.6 is 12.4 Å². The topological polar surface area (TPSA) is 64.4 Å². The second-order valence-electron chi connectivity index (χ2n) is 7.97. The molecule has 0 radical (unpaired) electrons. The van der Waals surface area contributed by atoms with Gasteiger partial charge in [0.1, 0.15) is 5.54 Å². The maximum atomic E-state index is 12.9. The SMILES string of the molecule is CC1CCCCC1NC(=O)C1(N)C2CCCOC2C1(C)C.Cl. The van der Waals surface area contributed by atoms with Gasteiger partial charge in [-0.3, -0.25) is 4.79 Å². The smallest absolute Gasteiger partial charge is 0.241 e. The molecule has 3 fully saturated rings. The Morgan fingerprint density at radius 3 is 2.55 bits per heavy atom. The first-order valence-electron chi connectivity index (χ1n) is 8.60. The third-order valence-electron chi connectivity index (χ3n) is 6.49. The molecule has 2 aliphatic carbocycles. The average molecular weight is 331 g/mol. The fraction of sp³-hybridized carbons (Fsp3) is 0.941. The van der Waals surface area contributed by atoms with E-state index in [4.69, 9.17) is 10.5 Å². The van der Waals surface area contributed by atoms with Crippen LogP contribution in [0.4, 0.5) is 0 Å². The molecule has 0 aromatic heterocycles. The first-order chi connectivity index (χ1) is 9.89. The first kappa shape index (κ1) is 18.0. The zero-order valence-corrected chi connectivity index (χ0v) is 14.9. The van der Waals surface area contributed by atoms with E-state index in [1.807, 2.05) is 0 Å². The lowest BCUT2D eigenvalue weighted by Gasteiger charge is -2.65. The molecule has 1 saturated heterocycles. The summed E-state index contributed by atoms with van der Waals surface area (Å²) in [6.07, 6.45) is 6.97. The zero-order chi connectivity index (χ0) is 15.3. The van der Waals surface area contributed by atoms with Crippen LogP contribution in [0, 0.1) is 17.3 Å². The molecule has 2 saturated carbocycles. The summed E-state index contributed by atoms with van der Waals surface area (Å²) >= 11 is 0. The molecule has 0 bridgehead atoms. The van der Waals surface area contributed by atoms with Gasteiger partial charge in [-0.25, -0.2) is 0 Å². The Morgan fingerprint density at radius 1 is 1.18 bits per heavy atom. The molecule has 1 amide bonds. The highest BCUT2D eigenvalue weighted by Crippen LogP contribution is 2.57. The minimum absolute atomic E-state index is 0. The Kier molecular flexibility index (Phi) is 5.15. The Bertz CT molecular complexity index is 429. The summed E-state index contributed by atoms with van der Waals surface area (Å²) in [5.41, 5.74) is 5.60. The molecule has 3 rings (SSSR count). The summed E-state index contributed by atoms with van der Waals surface area (Å²) in [6.45, 7) is 7.22. The lowest BCUT2D eigenvalue weighted by molar-refractivity contribution is -0.225. The molecular weight excluding hydrogens is 300 g/mol. The summed E-state index contributed by atoms with van der Waals surface area (Å²) in [6, 6.07) is 0.297. The molecule has 4 nitrogen and oxygen atoms in total. The molecular formula is C17H31ClN2O2. The van der Waals surface area contributed by atoms with Crippen LogP contribution in [0.2, 0.25) is 0 Å². The summed E-state index contributed by atoms with van der Waals surface area (Å²) in [4.78, 5) is 12.9. The number of hydrogen-bond acceptors (Lipinski definition) is 3. The fourth-order valence-corrected chi connectivity index (χ4v) is 4.86. The van der Waals surface area contributed by atoms with Crippen LogP contribution in [0.1, 0.15) is 59.3 Å². The van der Waals surface area contributed by atoms with E-state index in [1.54, 1.807) is 0 Å². The number of ether oxygens (including phenoxy) is 1. The quantitative estimate of drug-likeness (QED) is 0.818. The van der Waals surface area contributed by atoms with Crippen molar-refractivity contribution in [1.82, 2.24) is 5.32 Å². The van der Waals surface area contributed by atoms with Crippen LogP contribution in [0.15, 0.2) is 0 Å². The number of nitrogens with one attached hydrogen (secondary N) is 1. The van der Waals surface area contributed by atoms with Gasteiger partial charge in [0, 0.05) is 24.0 Å². The number of hydrogen-bond donors (Lipinski definition) is 2. The molecule has 22 heavy (non-hydrogen) atoms. The first-order valence-corrected chi connectivity index (χ1v) is 8.60. The van der Waals surface area contributed by atoms with Crippen LogP contribution in [0.3, 0.4) is 0 Å². The largest absolute Gasteiger partial charge is 0.377 e. The summed E-state index contributed by atoms with van der Waals surface area (Å²) in [5.74, 6) is 0.797. The number of fused-ring (bicyclic) bond motifs is 1. The number of carbonyl (C=O) groups is 1. The molecule has 0 aromatic rings. The van der Waals surface area contributed by atoms with Crippen LogP contribution in [0.25, 0.3) is 0 Å². The van der Waals surface area contributed by atoms with E-state index in [2.05, 4.69) is 26.1 Å². The van der Waals surface area contributed by atoms with Crippen molar-refractivity contribution in [1.29, 1.82) is 0 Å². The molecule has 3 N–H and O–H groups in total. The third-order valence-corrected chi connectivity index (χ3v) is 6.49. The second kappa shape index (κ2) is 6.29. The van der Waals surface area contributed by atoms with E-state index in [9.17, 15) is 4.79 Å². The Balaban J connectivity index is 0.00000176. The van der Waals surface area contributed by atoms with Gasteiger partial charge in [0.2, 0.25) is 5.91 Å². The zero-order valence-electron chi connectivity index (χ0n) is 14.1. The predicted octanol–water partition coefficient (Wildman–Crippen LogP) is 2.64. The van der Waals surface area contributed by atoms with Crippen molar-refractivity contribution in [3.05, 3.63) is 0 Å². The number of amides is 1.